The molecule has 2 N–H and O–H groups in total. The van der Waals surface area contributed by atoms with Crippen LogP contribution >= 0.6 is 0 Å². The van der Waals surface area contributed by atoms with Gasteiger partial charge >= 0.3 is 7.12 Å². The van der Waals surface area contributed by atoms with Gasteiger partial charge in [-0.05, 0) is 12.1 Å². The molecule has 5 nitrogen and oxygen atoms in total. The molecule has 0 amide bonds. The lowest BCUT2D eigenvalue weighted by Gasteiger charge is -2.13. The zero-order valence-electron chi connectivity index (χ0n) is 8.94. The minimum absolute atomic E-state index is 0.00449. The van der Waals surface area contributed by atoms with Gasteiger partial charge in [0.2, 0.25) is 0 Å². The smallest absolute Gasteiger partial charge is 0.494 e. The molecule has 1 aromatic carbocycles. The second-order valence-electron chi connectivity index (χ2n) is 2.92. The lowest BCUT2D eigenvalue weighted by molar-refractivity contribution is 0.0515. The van der Waals surface area contributed by atoms with Crippen molar-refractivity contribution in [3.8, 4) is 11.5 Å². The Bertz CT molecular complexity index is 358. The van der Waals surface area contributed by atoms with Crippen molar-refractivity contribution in [2.75, 3.05) is 21.0 Å². The number of hydrogen-bond acceptors (Lipinski definition) is 5. The highest BCUT2D eigenvalue weighted by Gasteiger charge is 2.25. The minimum atomic E-state index is -1.98. The Hall–Kier alpha value is -1.31. The molecule has 0 aliphatic rings. The van der Waals surface area contributed by atoms with Gasteiger partial charge in [0, 0.05) is 7.11 Å². The lowest BCUT2D eigenvalue weighted by atomic mass is 9.79. The second-order valence-corrected chi connectivity index (χ2v) is 2.92. The van der Waals surface area contributed by atoms with Crippen molar-refractivity contribution in [2.45, 2.75) is 0 Å². The molecular formula is C9H12BFO5. The van der Waals surface area contributed by atoms with E-state index >= 15 is 0 Å². The topological polar surface area (TPSA) is 68.2 Å². The van der Waals surface area contributed by atoms with Gasteiger partial charge in [0.1, 0.15) is 5.75 Å². The van der Waals surface area contributed by atoms with E-state index in [0.717, 1.165) is 0 Å². The first-order valence-corrected chi connectivity index (χ1v) is 4.46. The van der Waals surface area contributed by atoms with Gasteiger partial charge in [0.15, 0.2) is 18.4 Å². The lowest BCUT2D eigenvalue weighted by Crippen LogP contribution is -2.34. The van der Waals surface area contributed by atoms with E-state index in [9.17, 15) is 4.39 Å². The highest BCUT2D eigenvalue weighted by atomic mass is 19.1. The SMILES string of the molecule is COCOc1ccc(OC)c(F)c1B(O)O. The van der Waals surface area contributed by atoms with E-state index in [1.807, 2.05) is 0 Å². The maximum absolute atomic E-state index is 13.6. The van der Waals surface area contributed by atoms with Gasteiger partial charge in [-0.15, -0.1) is 0 Å². The Balaban J connectivity index is 3.13. The number of methoxy groups -OCH3 is 2. The van der Waals surface area contributed by atoms with Crippen LogP contribution in [0.25, 0.3) is 0 Å². The molecule has 0 fully saturated rings. The monoisotopic (exact) mass is 230 g/mol. The number of ether oxygens (including phenoxy) is 3. The van der Waals surface area contributed by atoms with Crippen molar-refractivity contribution < 1.29 is 28.6 Å². The zero-order valence-corrected chi connectivity index (χ0v) is 8.94. The van der Waals surface area contributed by atoms with Gasteiger partial charge in [-0.3, -0.25) is 0 Å². The Kier molecular flexibility index (Phi) is 4.54. The molecule has 0 aromatic heterocycles. The molecule has 0 radical (unpaired) electrons. The Morgan fingerprint density at radius 1 is 1.25 bits per heavy atom. The molecule has 0 spiro atoms. The first kappa shape index (κ1) is 12.8. The molecule has 0 saturated heterocycles. The highest BCUT2D eigenvalue weighted by molar-refractivity contribution is 6.60. The fraction of sp³-hybridized carbons (Fsp3) is 0.333. The molecule has 0 saturated carbocycles. The fourth-order valence-electron chi connectivity index (χ4n) is 1.20. The minimum Gasteiger partial charge on any atom is -0.494 e. The fourth-order valence-corrected chi connectivity index (χ4v) is 1.20. The van der Waals surface area contributed by atoms with Crippen LogP contribution in [0.4, 0.5) is 4.39 Å². The van der Waals surface area contributed by atoms with Gasteiger partial charge in [-0.2, -0.15) is 0 Å². The predicted octanol–water partition coefficient (Wildman–Crippen LogP) is -0.503. The van der Waals surface area contributed by atoms with Crippen LogP contribution in [0.1, 0.15) is 0 Å². The van der Waals surface area contributed by atoms with Crippen molar-refractivity contribution in [1.82, 2.24) is 0 Å². The van der Waals surface area contributed by atoms with Gasteiger partial charge in [-0.1, -0.05) is 0 Å². The van der Waals surface area contributed by atoms with Crippen LogP contribution in [0.2, 0.25) is 0 Å². The summed E-state index contributed by atoms with van der Waals surface area (Å²) < 4.78 is 28.0. The summed E-state index contributed by atoms with van der Waals surface area (Å²) in [4.78, 5) is 0. The van der Waals surface area contributed by atoms with Gasteiger partial charge in [0.05, 0.1) is 12.6 Å². The molecule has 0 unspecified atom stereocenters. The van der Waals surface area contributed by atoms with Crippen LogP contribution in [0.5, 0.6) is 11.5 Å². The maximum atomic E-state index is 13.6. The normalized spacial score (nSPS) is 10.1. The van der Waals surface area contributed by atoms with E-state index in [0.29, 0.717) is 0 Å². The third kappa shape index (κ3) is 2.63. The van der Waals surface area contributed by atoms with Crippen LogP contribution in [0.15, 0.2) is 12.1 Å². The van der Waals surface area contributed by atoms with E-state index in [1.54, 1.807) is 0 Å². The first-order valence-electron chi connectivity index (χ1n) is 4.46. The standard InChI is InChI=1S/C9H12BFO5/c1-14-5-16-6-3-4-7(15-2)9(11)8(6)10(12)13/h3-4,12-13H,5H2,1-2H3. The molecule has 0 heterocycles. The van der Waals surface area contributed by atoms with Gasteiger partial charge in [-0.25, -0.2) is 4.39 Å². The largest absolute Gasteiger partial charge is 0.495 e. The summed E-state index contributed by atoms with van der Waals surface area (Å²) in [6, 6.07) is 2.70. The summed E-state index contributed by atoms with van der Waals surface area (Å²) in [5.41, 5.74) is -0.378. The second kappa shape index (κ2) is 5.69. The molecule has 88 valence electrons. The van der Waals surface area contributed by atoms with Crippen LogP contribution in [0, 0.1) is 5.82 Å². The van der Waals surface area contributed by atoms with E-state index in [4.69, 9.17) is 19.5 Å². The summed E-state index contributed by atoms with van der Waals surface area (Å²) in [5, 5.41) is 18.1. The third-order valence-electron chi connectivity index (χ3n) is 1.91. The molecule has 1 aromatic rings. The first-order chi connectivity index (χ1) is 7.61. The van der Waals surface area contributed by atoms with Crippen molar-refractivity contribution in [3.63, 3.8) is 0 Å². The van der Waals surface area contributed by atoms with Crippen molar-refractivity contribution in [3.05, 3.63) is 17.9 Å². The van der Waals surface area contributed by atoms with Crippen LogP contribution in [-0.2, 0) is 4.74 Å². The molecule has 0 bridgehead atoms. The van der Waals surface area contributed by atoms with E-state index in [1.165, 1.54) is 26.4 Å². The number of hydrogen-bond donors (Lipinski definition) is 2. The van der Waals surface area contributed by atoms with Crippen molar-refractivity contribution >= 4 is 12.6 Å². The molecule has 1 rings (SSSR count). The number of halogens is 1. The van der Waals surface area contributed by atoms with Crippen LogP contribution in [0.3, 0.4) is 0 Å². The summed E-state index contributed by atoms with van der Waals surface area (Å²) in [5.74, 6) is -0.964. The number of rotatable bonds is 5. The molecular weight excluding hydrogens is 218 g/mol. The summed E-state index contributed by atoms with van der Waals surface area (Å²) in [6.45, 7) is -0.120. The summed E-state index contributed by atoms with van der Waals surface area (Å²) in [6.07, 6.45) is 0. The average Bonchev–Trinajstić information content (AvgIpc) is 2.25. The van der Waals surface area contributed by atoms with Crippen LogP contribution in [-0.4, -0.2) is 38.2 Å². The summed E-state index contributed by atoms with van der Waals surface area (Å²) in [7, 11) is 0.693. The molecule has 7 heteroatoms. The van der Waals surface area contributed by atoms with Crippen molar-refractivity contribution in [2.24, 2.45) is 0 Å². The zero-order chi connectivity index (χ0) is 12.1. The van der Waals surface area contributed by atoms with Crippen LogP contribution < -0.4 is 14.9 Å². The number of benzene rings is 1. The van der Waals surface area contributed by atoms with E-state index < -0.39 is 12.9 Å². The van der Waals surface area contributed by atoms with E-state index in [2.05, 4.69) is 4.74 Å². The highest BCUT2D eigenvalue weighted by Crippen LogP contribution is 2.20. The summed E-state index contributed by atoms with van der Waals surface area (Å²) >= 11 is 0. The molecule has 16 heavy (non-hydrogen) atoms. The van der Waals surface area contributed by atoms with Gasteiger partial charge < -0.3 is 24.3 Å². The molecule has 0 atom stereocenters. The Morgan fingerprint density at radius 3 is 2.38 bits per heavy atom. The molecule has 0 aliphatic carbocycles. The predicted molar refractivity (Wildman–Crippen MR) is 55.3 cm³/mol. The quantitative estimate of drug-likeness (QED) is 0.527. The Morgan fingerprint density at radius 2 is 1.88 bits per heavy atom. The maximum Gasteiger partial charge on any atom is 0.495 e. The van der Waals surface area contributed by atoms with Gasteiger partial charge in [0.25, 0.3) is 0 Å². The third-order valence-corrected chi connectivity index (χ3v) is 1.91. The van der Waals surface area contributed by atoms with E-state index in [-0.39, 0.29) is 23.8 Å². The molecule has 0 aliphatic heterocycles. The average molecular weight is 230 g/mol. The Labute approximate surface area is 92.5 Å². The van der Waals surface area contributed by atoms with Crippen molar-refractivity contribution in [1.29, 1.82) is 0 Å².